The smallest absolute Gasteiger partial charge is 0.358 e. The Morgan fingerprint density at radius 3 is 2.69 bits per heavy atom. The van der Waals surface area contributed by atoms with Crippen LogP contribution in [0.2, 0.25) is 0 Å². The minimum absolute atomic E-state index is 0.303. The highest BCUT2D eigenvalue weighted by atomic mass is 16.5. The average molecular weight is 217 g/mol. The molecule has 0 radical (unpaired) electrons. The average Bonchev–Trinajstić information content (AvgIpc) is 2.71. The van der Waals surface area contributed by atoms with Crippen molar-refractivity contribution in [3.05, 3.63) is 36.3 Å². The van der Waals surface area contributed by atoms with Crippen LogP contribution in [-0.4, -0.2) is 27.8 Å². The largest absolute Gasteiger partial charge is 0.464 e. The van der Waals surface area contributed by atoms with Gasteiger partial charge in [-0.3, -0.25) is 9.67 Å². The minimum Gasteiger partial charge on any atom is -0.464 e. The molecule has 0 aliphatic rings. The number of aromatic nitrogens is 3. The monoisotopic (exact) mass is 217 g/mol. The van der Waals surface area contributed by atoms with Crippen molar-refractivity contribution in [2.75, 3.05) is 7.11 Å². The van der Waals surface area contributed by atoms with Crippen molar-refractivity contribution < 1.29 is 9.53 Å². The van der Waals surface area contributed by atoms with Gasteiger partial charge in [-0.15, -0.1) is 0 Å². The van der Waals surface area contributed by atoms with Gasteiger partial charge in [-0.25, -0.2) is 4.79 Å². The standard InChI is InChI=1S/C11H11N3O2/c1-14-10(8-3-5-12-6-4-8)7-9(13-14)11(15)16-2/h3-7H,1-2H3. The Morgan fingerprint density at radius 2 is 2.06 bits per heavy atom. The van der Waals surface area contributed by atoms with E-state index >= 15 is 0 Å². The number of hydrogen-bond acceptors (Lipinski definition) is 4. The second kappa shape index (κ2) is 4.14. The van der Waals surface area contributed by atoms with Gasteiger partial charge < -0.3 is 4.74 Å². The Morgan fingerprint density at radius 1 is 1.38 bits per heavy atom. The highest BCUT2D eigenvalue weighted by Gasteiger charge is 2.13. The maximum Gasteiger partial charge on any atom is 0.358 e. The first-order valence-corrected chi connectivity index (χ1v) is 4.75. The lowest BCUT2D eigenvalue weighted by atomic mass is 10.2. The van der Waals surface area contributed by atoms with E-state index in [-0.39, 0.29) is 0 Å². The molecule has 2 aromatic heterocycles. The summed E-state index contributed by atoms with van der Waals surface area (Å²) < 4.78 is 6.25. The van der Waals surface area contributed by atoms with Gasteiger partial charge in [0.2, 0.25) is 0 Å². The Hall–Kier alpha value is -2.17. The zero-order chi connectivity index (χ0) is 11.5. The van der Waals surface area contributed by atoms with Crippen molar-refractivity contribution in [2.24, 2.45) is 7.05 Å². The highest BCUT2D eigenvalue weighted by molar-refractivity contribution is 5.88. The fraction of sp³-hybridized carbons (Fsp3) is 0.182. The summed E-state index contributed by atoms with van der Waals surface area (Å²) in [7, 11) is 3.12. The molecule has 0 aromatic carbocycles. The maximum atomic E-state index is 11.3. The second-order valence-electron chi connectivity index (χ2n) is 3.27. The molecule has 2 rings (SSSR count). The number of carbonyl (C=O) groups is 1. The first kappa shape index (κ1) is 10.4. The lowest BCUT2D eigenvalue weighted by Crippen LogP contribution is -2.02. The summed E-state index contributed by atoms with van der Waals surface area (Å²) in [4.78, 5) is 15.2. The number of carbonyl (C=O) groups excluding carboxylic acids is 1. The molecule has 0 N–H and O–H groups in total. The third-order valence-corrected chi connectivity index (χ3v) is 2.25. The third-order valence-electron chi connectivity index (χ3n) is 2.25. The molecule has 82 valence electrons. The van der Waals surface area contributed by atoms with Gasteiger partial charge in [0.1, 0.15) is 0 Å². The number of pyridine rings is 1. The summed E-state index contributed by atoms with van der Waals surface area (Å²) in [6.07, 6.45) is 3.39. The number of nitrogens with zero attached hydrogens (tertiary/aromatic N) is 3. The van der Waals surface area contributed by atoms with Crippen molar-refractivity contribution in [3.63, 3.8) is 0 Å². The maximum absolute atomic E-state index is 11.3. The van der Waals surface area contributed by atoms with E-state index in [4.69, 9.17) is 0 Å². The predicted molar refractivity (Wildman–Crippen MR) is 57.8 cm³/mol. The Kier molecular flexibility index (Phi) is 2.68. The molecule has 0 spiro atoms. The summed E-state index contributed by atoms with van der Waals surface area (Å²) in [6.45, 7) is 0. The lowest BCUT2D eigenvalue weighted by molar-refractivity contribution is 0.0593. The molecule has 16 heavy (non-hydrogen) atoms. The van der Waals surface area contributed by atoms with Crippen molar-refractivity contribution in [3.8, 4) is 11.3 Å². The summed E-state index contributed by atoms with van der Waals surface area (Å²) in [5, 5.41) is 4.08. The van der Waals surface area contributed by atoms with E-state index in [1.54, 1.807) is 30.2 Å². The third kappa shape index (κ3) is 1.79. The molecule has 0 fully saturated rings. The van der Waals surface area contributed by atoms with Crippen LogP contribution in [0, 0.1) is 0 Å². The van der Waals surface area contributed by atoms with Gasteiger partial charge in [0, 0.05) is 25.0 Å². The fourth-order valence-corrected chi connectivity index (χ4v) is 1.46. The Balaban J connectivity index is 2.44. The van der Waals surface area contributed by atoms with E-state index in [0.717, 1.165) is 11.3 Å². The van der Waals surface area contributed by atoms with E-state index in [1.165, 1.54) is 7.11 Å². The van der Waals surface area contributed by atoms with Crippen LogP contribution in [0.1, 0.15) is 10.5 Å². The molecule has 0 aliphatic heterocycles. The molecular formula is C11H11N3O2. The van der Waals surface area contributed by atoms with Crippen LogP contribution >= 0.6 is 0 Å². The van der Waals surface area contributed by atoms with Gasteiger partial charge in [-0.2, -0.15) is 5.10 Å². The molecule has 2 aromatic rings. The number of methoxy groups -OCH3 is 1. The van der Waals surface area contributed by atoms with Gasteiger partial charge in [-0.05, 0) is 18.2 Å². The molecule has 5 heteroatoms. The number of hydrogen-bond donors (Lipinski definition) is 0. The van der Waals surface area contributed by atoms with Gasteiger partial charge in [-0.1, -0.05) is 0 Å². The van der Waals surface area contributed by atoms with Gasteiger partial charge >= 0.3 is 5.97 Å². The normalized spacial score (nSPS) is 10.1. The van der Waals surface area contributed by atoms with E-state index in [2.05, 4.69) is 14.8 Å². The molecule has 5 nitrogen and oxygen atoms in total. The minimum atomic E-state index is -0.434. The van der Waals surface area contributed by atoms with Crippen molar-refractivity contribution in [1.82, 2.24) is 14.8 Å². The number of rotatable bonds is 2. The summed E-state index contributed by atoms with van der Waals surface area (Å²) in [5.74, 6) is -0.434. The summed E-state index contributed by atoms with van der Waals surface area (Å²) in [6, 6.07) is 5.41. The molecule has 2 heterocycles. The number of aryl methyl sites for hydroxylation is 1. The Bertz CT molecular complexity index is 505. The lowest BCUT2D eigenvalue weighted by Gasteiger charge is -1.99. The van der Waals surface area contributed by atoms with E-state index in [0.29, 0.717) is 5.69 Å². The summed E-state index contributed by atoms with van der Waals surface area (Å²) in [5.41, 5.74) is 2.11. The van der Waals surface area contributed by atoms with Crippen LogP contribution in [0.3, 0.4) is 0 Å². The van der Waals surface area contributed by atoms with Gasteiger partial charge in [0.15, 0.2) is 5.69 Å². The van der Waals surface area contributed by atoms with Crippen LogP contribution in [0.25, 0.3) is 11.3 Å². The van der Waals surface area contributed by atoms with Gasteiger partial charge in [0.05, 0.1) is 12.8 Å². The van der Waals surface area contributed by atoms with Crippen LogP contribution in [0.15, 0.2) is 30.6 Å². The molecule has 0 atom stereocenters. The van der Waals surface area contributed by atoms with E-state index in [9.17, 15) is 4.79 Å². The fourth-order valence-electron chi connectivity index (χ4n) is 1.46. The van der Waals surface area contributed by atoms with Crippen molar-refractivity contribution >= 4 is 5.97 Å². The van der Waals surface area contributed by atoms with E-state index < -0.39 is 5.97 Å². The number of ether oxygens (including phenoxy) is 1. The quantitative estimate of drug-likeness (QED) is 0.711. The zero-order valence-electron chi connectivity index (χ0n) is 9.04. The first-order valence-electron chi connectivity index (χ1n) is 4.75. The molecule has 0 saturated carbocycles. The Labute approximate surface area is 92.7 Å². The van der Waals surface area contributed by atoms with Crippen LogP contribution in [0.5, 0.6) is 0 Å². The molecular weight excluding hydrogens is 206 g/mol. The zero-order valence-corrected chi connectivity index (χ0v) is 9.04. The molecule has 0 saturated heterocycles. The van der Waals surface area contributed by atoms with Crippen LogP contribution < -0.4 is 0 Å². The molecule has 0 amide bonds. The number of esters is 1. The first-order chi connectivity index (χ1) is 7.72. The van der Waals surface area contributed by atoms with Crippen LogP contribution in [-0.2, 0) is 11.8 Å². The van der Waals surface area contributed by atoms with Crippen LogP contribution in [0.4, 0.5) is 0 Å². The van der Waals surface area contributed by atoms with Gasteiger partial charge in [0.25, 0.3) is 0 Å². The molecule has 0 bridgehead atoms. The molecule has 0 aliphatic carbocycles. The highest BCUT2D eigenvalue weighted by Crippen LogP contribution is 2.18. The topological polar surface area (TPSA) is 57.0 Å². The SMILES string of the molecule is COC(=O)c1cc(-c2ccncc2)n(C)n1. The van der Waals surface area contributed by atoms with Crippen molar-refractivity contribution in [2.45, 2.75) is 0 Å². The molecule has 0 unspecified atom stereocenters. The second-order valence-corrected chi connectivity index (χ2v) is 3.27. The van der Waals surface area contributed by atoms with E-state index in [1.807, 2.05) is 12.1 Å². The predicted octanol–water partition coefficient (Wildman–Crippen LogP) is 1.27. The summed E-state index contributed by atoms with van der Waals surface area (Å²) >= 11 is 0. The van der Waals surface area contributed by atoms with Crippen molar-refractivity contribution in [1.29, 1.82) is 0 Å².